The second-order valence-corrected chi connectivity index (χ2v) is 2.27. The molecule has 4 nitrogen and oxygen atoms in total. The molecule has 0 fully saturated rings. The van der Waals surface area contributed by atoms with Gasteiger partial charge in [-0.05, 0) is 6.92 Å². The van der Waals surface area contributed by atoms with Gasteiger partial charge in [0.2, 0.25) is 0 Å². The molecule has 0 aromatic rings. The third-order valence-electron chi connectivity index (χ3n) is 0.908. The molecule has 0 spiro atoms. The predicted octanol–water partition coefficient (Wildman–Crippen LogP) is -0.0888. The molecule has 0 amide bonds. The number of hydrogen-bond donors (Lipinski definition) is 1. The van der Waals surface area contributed by atoms with Gasteiger partial charge >= 0.3 is 5.97 Å². The summed E-state index contributed by atoms with van der Waals surface area (Å²) in [7, 11) is 3.57. The van der Waals surface area contributed by atoms with Crippen LogP contribution in [0.3, 0.4) is 0 Å². The Labute approximate surface area is 66.6 Å². The first-order valence-corrected chi connectivity index (χ1v) is 3.38. The Morgan fingerprint density at radius 3 is 2.55 bits per heavy atom. The van der Waals surface area contributed by atoms with Crippen LogP contribution in [0.5, 0.6) is 0 Å². The van der Waals surface area contributed by atoms with Crippen molar-refractivity contribution in [2.75, 3.05) is 20.7 Å². The SMILES string of the molecule is CCOC(=O)/C(N)=C/N(C)C. The fourth-order valence-corrected chi connectivity index (χ4v) is 0.545. The van der Waals surface area contributed by atoms with Gasteiger partial charge in [-0.2, -0.15) is 0 Å². The minimum atomic E-state index is -0.471. The molecule has 0 saturated carbocycles. The van der Waals surface area contributed by atoms with Gasteiger partial charge in [0.05, 0.1) is 6.61 Å². The average Bonchev–Trinajstić information content (AvgIpc) is 1.86. The van der Waals surface area contributed by atoms with E-state index in [4.69, 9.17) is 5.73 Å². The van der Waals surface area contributed by atoms with Gasteiger partial charge in [0.1, 0.15) is 5.70 Å². The van der Waals surface area contributed by atoms with E-state index in [0.717, 1.165) is 0 Å². The van der Waals surface area contributed by atoms with Crippen LogP contribution >= 0.6 is 0 Å². The van der Waals surface area contributed by atoms with Gasteiger partial charge in [-0.1, -0.05) is 0 Å². The van der Waals surface area contributed by atoms with Crippen molar-refractivity contribution in [2.24, 2.45) is 5.73 Å². The number of nitrogens with two attached hydrogens (primary N) is 1. The fourth-order valence-electron chi connectivity index (χ4n) is 0.545. The van der Waals surface area contributed by atoms with Crippen LogP contribution in [0.4, 0.5) is 0 Å². The zero-order valence-electron chi connectivity index (χ0n) is 7.13. The summed E-state index contributed by atoms with van der Waals surface area (Å²) in [6, 6.07) is 0. The van der Waals surface area contributed by atoms with Crippen LogP contribution in [0.15, 0.2) is 11.9 Å². The summed E-state index contributed by atoms with van der Waals surface area (Å²) in [5, 5.41) is 0. The van der Waals surface area contributed by atoms with Crippen molar-refractivity contribution in [1.82, 2.24) is 4.90 Å². The summed E-state index contributed by atoms with van der Waals surface area (Å²) in [6.45, 7) is 2.08. The standard InChI is InChI=1S/C7H14N2O2/c1-4-11-7(10)6(8)5-9(2)3/h5H,4,8H2,1-3H3/b6-5-. The molecule has 0 rings (SSSR count). The summed E-state index contributed by atoms with van der Waals surface area (Å²) in [4.78, 5) is 12.5. The molecule has 0 saturated heterocycles. The van der Waals surface area contributed by atoms with Gasteiger partial charge in [0.25, 0.3) is 0 Å². The van der Waals surface area contributed by atoms with E-state index in [2.05, 4.69) is 4.74 Å². The summed E-state index contributed by atoms with van der Waals surface area (Å²) in [5.74, 6) is -0.471. The van der Waals surface area contributed by atoms with Crippen LogP contribution < -0.4 is 5.73 Å². The normalized spacial score (nSPS) is 11.0. The number of nitrogens with zero attached hydrogens (tertiary/aromatic N) is 1. The van der Waals surface area contributed by atoms with E-state index in [0.29, 0.717) is 6.61 Å². The first-order valence-electron chi connectivity index (χ1n) is 3.38. The number of ether oxygens (including phenoxy) is 1. The Morgan fingerprint density at radius 2 is 2.18 bits per heavy atom. The number of hydrogen-bond acceptors (Lipinski definition) is 4. The van der Waals surface area contributed by atoms with E-state index in [1.54, 1.807) is 25.9 Å². The Kier molecular flexibility index (Phi) is 4.10. The molecule has 0 atom stereocenters. The number of rotatable bonds is 3. The molecule has 11 heavy (non-hydrogen) atoms. The van der Waals surface area contributed by atoms with E-state index in [9.17, 15) is 4.79 Å². The van der Waals surface area contributed by atoms with Crippen LogP contribution in [-0.4, -0.2) is 31.6 Å². The van der Waals surface area contributed by atoms with Gasteiger partial charge in [0.15, 0.2) is 0 Å². The van der Waals surface area contributed by atoms with E-state index in [1.807, 2.05) is 0 Å². The number of esters is 1. The maximum Gasteiger partial charge on any atom is 0.355 e. The molecule has 0 radical (unpaired) electrons. The molecule has 0 bridgehead atoms. The van der Waals surface area contributed by atoms with E-state index in [-0.39, 0.29) is 5.70 Å². The molecule has 64 valence electrons. The van der Waals surface area contributed by atoms with Gasteiger partial charge in [-0.3, -0.25) is 0 Å². The smallest absolute Gasteiger partial charge is 0.355 e. The summed E-state index contributed by atoms with van der Waals surface area (Å²) in [5.41, 5.74) is 5.47. The molecule has 0 aliphatic heterocycles. The highest BCUT2D eigenvalue weighted by Gasteiger charge is 2.04. The van der Waals surface area contributed by atoms with Gasteiger partial charge in [0, 0.05) is 20.3 Å². The molecular formula is C7H14N2O2. The summed E-state index contributed by atoms with van der Waals surface area (Å²) < 4.78 is 4.65. The van der Waals surface area contributed by atoms with Gasteiger partial charge < -0.3 is 15.4 Å². The van der Waals surface area contributed by atoms with Crippen LogP contribution in [-0.2, 0) is 9.53 Å². The van der Waals surface area contributed by atoms with Crippen molar-refractivity contribution >= 4 is 5.97 Å². The first-order chi connectivity index (χ1) is 5.07. The lowest BCUT2D eigenvalue weighted by Crippen LogP contribution is -2.18. The second-order valence-electron chi connectivity index (χ2n) is 2.27. The lowest BCUT2D eigenvalue weighted by atomic mass is 10.5. The highest BCUT2D eigenvalue weighted by Crippen LogP contribution is 1.90. The van der Waals surface area contributed by atoms with Crippen molar-refractivity contribution in [3.8, 4) is 0 Å². The Balaban J connectivity index is 4.01. The van der Waals surface area contributed by atoms with Gasteiger partial charge in [-0.15, -0.1) is 0 Å². The molecular weight excluding hydrogens is 144 g/mol. The molecule has 0 unspecified atom stereocenters. The minimum absolute atomic E-state index is 0.122. The second kappa shape index (κ2) is 4.60. The highest BCUT2D eigenvalue weighted by atomic mass is 16.5. The van der Waals surface area contributed by atoms with Crippen molar-refractivity contribution in [1.29, 1.82) is 0 Å². The van der Waals surface area contributed by atoms with Crippen molar-refractivity contribution in [3.63, 3.8) is 0 Å². The topological polar surface area (TPSA) is 55.6 Å². The molecule has 2 N–H and O–H groups in total. The van der Waals surface area contributed by atoms with Crippen LogP contribution in [0.1, 0.15) is 6.92 Å². The van der Waals surface area contributed by atoms with Crippen LogP contribution in [0.25, 0.3) is 0 Å². The van der Waals surface area contributed by atoms with Crippen LogP contribution in [0.2, 0.25) is 0 Å². The zero-order chi connectivity index (χ0) is 8.85. The van der Waals surface area contributed by atoms with Crippen molar-refractivity contribution in [3.05, 3.63) is 11.9 Å². The fraction of sp³-hybridized carbons (Fsp3) is 0.571. The maximum atomic E-state index is 10.8. The van der Waals surface area contributed by atoms with E-state index < -0.39 is 5.97 Å². The molecule has 0 aliphatic rings. The monoisotopic (exact) mass is 158 g/mol. The highest BCUT2D eigenvalue weighted by molar-refractivity contribution is 5.87. The quantitative estimate of drug-likeness (QED) is 0.460. The Hall–Kier alpha value is -1.19. The third kappa shape index (κ3) is 4.25. The predicted molar refractivity (Wildman–Crippen MR) is 42.6 cm³/mol. The molecule has 0 heterocycles. The maximum absolute atomic E-state index is 10.8. The minimum Gasteiger partial charge on any atom is -0.461 e. The zero-order valence-corrected chi connectivity index (χ0v) is 7.13. The Morgan fingerprint density at radius 1 is 1.64 bits per heavy atom. The van der Waals surface area contributed by atoms with Crippen molar-refractivity contribution in [2.45, 2.75) is 6.92 Å². The lowest BCUT2D eigenvalue weighted by Gasteiger charge is -2.06. The van der Waals surface area contributed by atoms with E-state index in [1.165, 1.54) is 6.20 Å². The van der Waals surface area contributed by atoms with Gasteiger partial charge in [-0.25, -0.2) is 4.79 Å². The number of carbonyl (C=O) groups excluding carboxylic acids is 1. The van der Waals surface area contributed by atoms with E-state index >= 15 is 0 Å². The molecule has 0 aromatic carbocycles. The summed E-state index contributed by atoms with van der Waals surface area (Å²) in [6.07, 6.45) is 1.51. The number of carbonyl (C=O) groups is 1. The largest absolute Gasteiger partial charge is 0.461 e. The third-order valence-corrected chi connectivity index (χ3v) is 0.908. The summed E-state index contributed by atoms with van der Waals surface area (Å²) >= 11 is 0. The Bertz CT molecular complexity index is 164. The van der Waals surface area contributed by atoms with Crippen LogP contribution in [0, 0.1) is 0 Å². The van der Waals surface area contributed by atoms with Crippen molar-refractivity contribution < 1.29 is 9.53 Å². The first kappa shape index (κ1) is 9.81. The average molecular weight is 158 g/mol. The molecule has 0 aromatic heterocycles. The molecule has 4 heteroatoms. The molecule has 0 aliphatic carbocycles. The lowest BCUT2D eigenvalue weighted by molar-refractivity contribution is -0.138.